The van der Waals surface area contributed by atoms with Crippen molar-refractivity contribution in [3.63, 3.8) is 0 Å². The Morgan fingerprint density at radius 1 is 1.25 bits per heavy atom. The van der Waals surface area contributed by atoms with Crippen LogP contribution in [0.5, 0.6) is 5.75 Å². The molecule has 0 spiro atoms. The Balaban J connectivity index is 2.02. The molecule has 0 bridgehead atoms. The number of nitrogen functional groups attached to an aromatic ring is 1. The molecule has 1 aromatic heterocycles. The number of pyridine rings is 1. The first-order chi connectivity index (χ1) is 7.65. The smallest absolute Gasteiger partial charge is 0.145 e. The van der Waals surface area contributed by atoms with E-state index in [1.165, 1.54) is 6.42 Å². The molecule has 1 heterocycles. The molecule has 2 N–H and O–H groups in total. The minimum Gasteiger partial charge on any atom is -0.488 e. The second-order valence-electron chi connectivity index (χ2n) is 5.07. The number of ether oxygens (including phenoxy) is 1. The Morgan fingerprint density at radius 3 is 2.56 bits per heavy atom. The van der Waals surface area contributed by atoms with E-state index in [9.17, 15) is 0 Å². The first kappa shape index (κ1) is 11.2. The zero-order valence-electron chi connectivity index (χ0n) is 10.0. The molecule has 1 aromatic rings. The lowest BCUT2D eigenvalue weighted by atomic mass is 9.82. The number of hydrogen-bond donors (Lipinski definition) is 1. The van der Waals surface area contributed by atoms with Gasteiger partial charge in [-0.25, -0.2) is 0 Å². The molecule has 1 aliphatic carbocycles. The van der Waals surface area contributed by atoms with Crippen molar-refractivity contribution in [3.05, 3.63) is 18.5 Å². The van der Waals surface area contributed by atoms with Gasteiger partial charge in [-0.15, -0.1) is 0 Å². The summed E-state index contributed by atoms with van der Waals surface area (Å²) >= 11 is 0. The molecular formula is C13H20N2O. The Morgan fingerprint density at radius 2 is 1.94 bits per heavy atom. The molecule has 2 atom stereocenters. The Kier molecular flexibility index (Phi) is 3.32. The van der Waals surface area contributed by atoms with Crippen molar-refractivity contribution in [2.24, 2.45) is 11.8 Å². The van der Waals surface area contributed by atoms with Crippen LogP contribution in [0.2, 0.25) is 0 Å². The van der Waals surface area contributed by atoms with Crippen molar-refractivity contribution >= 4 is 5.69 Å². The molecule has 1 fully saturated rings. The molecule has 0 saturated heterocycles. The van der Waals surface area contributed by atoms with Crippen LogP contribution in [-0.4, -0.2) is 11.1 Å². The zero-order chi connectivity index (χ0) is 11.5. The number of rotatable bonds is 2. The average molecular weight is 220 g/mol. The van der Waals surface area contributed by atoms with Crippen molar-refractivity contribution in [2.75, 3.05) is 5.73 Å². The van der Waals surface area contributed by atoms with Crippen LogP contribution in [0.3, 0.4) is 0 Å². The molecule has 0 amide bonds. The second kappa shape index (κ2) is 4.73. The van der Waals surface area contributed by atoms with E-state index in [0.29, 0.717) is 11.8 Å². The Hall–Kier alpha value is -1.25. The van der Waals surface area contributed by atoms with Crippen LogP contribution in [0.25, 0.3) is 0 Å². The highest BCUT2D eigenvalue weighted by Gasteiger charge is 2.25. The van der Waals surface area contributed by atoms with Crippen LogP contribution < -0.4 is 10.5 Å². The van der Waals surface area contributed by atoms with E-state index in [1.807, 2.05) is 6.07 Å². The van der Waals surface area contributed by atoms with Crippen LogP contribution in [0.4, 0.5) is 5.69 Å². The van der Waals surface area contributed by atoms with Crippen LogP contribution in [0.15, 0.2) is 18.5 Å². The largest absolute Gasteiger partial charge is 0.488 e. The first-order valence-electron chi connectivity index (χ1n) is 6.01. The normalized spacial score (nSPS) is 30.0. The molecule has 3 nitrogen and oxygen atoms in total. The van der Waals surface area contributed by atoms with E-state index in [2.05, 4.69) is 18.8 Å². The minimum atomic E-state index is 0.309. The van der Waals surface area contributed by atoms with E-state index >= 15 is 0 Å². The summed E-state index contributed by atoms with van der Waals surface area (Å²) in [5.74, 6) is 2.27. The lowest BCUT2D eigenvalue weighted by Crippen LogP contribution is -2.28. The summed E-state index contributed by atoms with van der Waals surface area (Å²) in [6, 6.07) is 1.85. The lowest BCUT2D eigenvalue weighted by molar-refractivity contribution is 0.102. The van der Waals surface area contributed by atoms with Crippen molar-refractivity contribution in [3.8, 4) is 5.75 Å². The van der Waals surface area contributed by atoms with Crippen molar-refractivity contribution in [1.29, 1.82) is 0 Å². The Labute approximate surface area is 97.0 Å². The number of aromatic nitrogens is 1. The van der Waals surface area contributed by atoms with E-state index in [0.717, 1.165) is 30.4 Å². The SMILES string of the molecule is CC1CC(C)CC(Oc2ccncc2N)C1. The topological polar surface area (TPSA) is 48.1 Å². The molecule has 1 aliphatic rings. The van der Waals surface area contributed by atoms with E-state index in [4.69, 9.17) is 10.5 Å². The van der Waals surface area contributed by atoms with Gasteiger partial charge in [0.25, 0.3) is 0 Å². The van der Waals surface area contributed by atoms with Crippen LogP contribution in [0.1, 0.15) is 33.1 Å². The summed E-state index contributed by atoms with van der Waals surface area (Å²) in [5, 5.41) is 0. The van der Waals surface area contributed by atoms with E-state index in [-0.39, 0.29) is 0 Å². The predicted molar refractivity (Wildman–Crippen MR) is 65.2 cm³/mol. The monoisotopic (exact) mass is 220 g/mol. The van der Waals surface area contributed by atoms with Gasteiger partial charge in [0.15, 0.2) is 0 Å². The van der Waals surface area contributed by atoms with Crippen molar-refractivity contribution < 1.29 is 4.74 Å². The molecular weight excluding hydrogens is 200 g/mol. The Bertz CT molecular complexity index is 344. The highest BCUT2D eigenvalue weighted by atomic mass is 16.5. The van der Waals surface area contributed by atoms with Crippen molar-refractivity contribution in [1.82, 2.24) is 4.98 Å². The fourth-order valence-corrected chi connectivity index (χ4v) is 2.65. The number of nitrogens with two attached hydrogens (primary N) is 1. The summed E-state index contributed by atoms with van der Waals surface area (Å²) in [6.45, 7) is 4.59. The number of hydrogen-bond acceptors (Lipinski definition) is 3. The number of nitrogens with zero attached hydrogens (tertiary/aromatic N) is 1. The molecule has 0 aliphatic heterocycles. The van der Waals surface area contributed by atoms with Gasteiger partial charge in [0.1, 0.15) is 5.75 Å². The summed E-state index contributed by atoms with van der Waals surface area (Å²) in [5.41, 5.74) is 6.45. The second-order valence-corrected chi connectivity index (χ2v) is 5.07. The van der Waals surface area contributed by atoms with Gasteiger partial charge in [0, 0.05) is 12.3 Å². The maximum absolute atomic E-state index is 5.96. The van der Waals surface area contributed by atoms with E-state index in [1.54, 1.807) is 12.4 Å². The average Bonchev–Trinajstić information content (AvgIpc) is 2.20. The molecule has 2 unspecified atom stereocenters. The molecule has 1 saturated carbocycles. The van der Waals surface area contributed by atoms with Gasteiger partial charge in [0.05, 0.1) is 18.0 Å². The van der Waals surface area contributed by atoms with E-state index < -0.39 is 0 Å². The van der Waals surface area contributed by atoms with Gasteiger partial charge in [-0.05, 0) is 31.1 Å². The quantitative estimate of drug-likeness (QED) is 0.833. The fourth-order valence-electron chi connectivity index (χ4n) is 2.65. The molecule has 88 valence electrons. The zero-order valence-corrected chi connectivity index (χ0v) is 10.0. The summed E-state index contributed by atoms with van der Waals surface area (Å²) in [7, 11) is 0. The molecule has 0 radical (unpaired) electrons. The molecule has 0 aromatic carbocycles. The maximum atomic E-state index is 5.96. The third-order valence-corrected chi connectivity index (χ3v) is 3.24. The minimum absolute atomic E-state index is 0.309. The van der Waals surface area contributed by atoms with Gasteiger partial charge in [0.2, 0.25) is 0 Å². The maximum Gasteiger partial charge on any atom is 0.145 e. The summed E-state index contributed by atoms with van der Waals surface area (Å²) < 4.78 is 5.96. The first-order valence-corrected chi connectivity index (χ1v) is 6.01. The van der Waals surface area contributed by atoms with Gasteiger partial charge in [-0.3, -0.25) is 4.98 Å². The van der Waals surface area contributed by atoms with Crippen LogP contribution >= 0.6 is 0 Å². The van der Waals surface area contributed by atoms with Gasteiger partial charge < -0.3 is 10.5 Å². The number of anilines is 1. The van der Waals surface area contributed by atoms with Crippen LogP contribution in [-0.2, 0) is 0 Å². The fraction of sp³-hybridized carbons (Fsp3) is 0.615. The molecule has 16 heavy (non-hydrogen) atoms. The van der Waals surface area contributed by atoms with Gasteiger partial charge in [-0.2, -0.15) is 0 Å². The lowest BCUT2D eigenvalue weighted by Gasteiger charge is -2.31. The predicted octanol–water partition coefficient (Wildman–Crippen LogP) is 2.87. The van der Waals surface area contributed by atoms with Crippen molar-refractivity contribution in [2.45, 2.75) is 39.2 Å². The molecule has 3 heteroatoms. The third kappa shape index (κ3) is 2.65. The summed E-state index contributed by atoms with van der Waals surface area (Å²) in [6.07, 6.45) is 7.25. The molecule has 2 rings (SSSR count). The highest BCUT2D eigenvalue weighted by molar-refractivity contribution is 5.49. The summed E-state index contributed by atoms with van der Waals surface area (Å²) in [4.78, 5) is 3.96. The van der Waals surface area contributed by atoms with Gasteiger partial charge in [-0.1, -0.05) is 13.8 Å². The van der Waals surface area contributed by atoms with Gasteiger partial charge >= 0.3 is 0 Å². The standard InChI is InChI=1S/C13H20N2O/c1-9-5-10(2)7-11(6-9)16-13-3-4-15-8-12(13)14/h3-4,8-11H,5-7,14H2,1-2H3. The third-order valence-electron chi connectivity index (χ3n) is 3.24. The van der Waals surface area contributed by atoms with Crippen LogP contribution in [0, 0.1) is 11.8 Å². The highest BCUT2D eigenvalue weighted by Crippen LogP contribution is 2.32.